The van der Waals surface area contributed by atoms with Crippen LogP contribution in [0, 0.1) is 6.92 Å². The number of methoxy groups -OCH3 is 1. The molecule has 29 heavy (non-hydrogen) atoms. The topological polar surface area (TPSA) is 82.5 Å². The molecule has 3 aromatic rings. The SMILES string of the molecule is COc1ccccc1CCNC(=O)COC(=O)c1ccc(-n2nccc2C)cc1. The van der Waals surface area contributed by atoms with Gasteiger partial charge in [-0.05, 0) is 55.3 Å². The Morgan fingerprint density at radius 1 is 1.07 bits per heavy atom. The second kappa shape index (κ2) is 9.54. The van der Waals surface area contributed by atoms with E-state index in [4.69, 9.17) is 9.47 Å². The maximum atomic E-state index is 12.2. The Bertz CT molecular complexity index is 980. The van der Waals surface area contributed by atoms with Crippen LogP contribution < -0.4 is 10.1 Å². The van der Waals surface area contributed by atoms with E-state index in [-0.39, 0.29) is 12.5 Å². The van der Waals surface area contributed by atoms with E-state index >= 15 is 0 Å². The van der Waals surface area contributed by atoms with E-state index < -0.39 is 5.97 Å². The Kier molecular flexibility index (Phi) is 6.63. The normalized spacial score (nSPS) is 10.4. The Morgan fingerprint density at radius 2 is 1.83 bits per heavy atom. The third-order valence-electron chi connectivity index (χ3n) is 4.42. The number of carbonyl (C=O) groups is 2. The van der Waals surface area contributed by atoms with Crippen molar-refractivity contribution in [2.24, 2.45) is 0 Å². The summed E-state index contributed by atoms with van der Waals surface area (Å²) < 4.78 is 12.1. The predicted molar refractivity (Wildman–Crippen MR) is 108 cm³/mol. The van der Waals surface area contributed by atoms with Crippen LogP contribution >= 0.6 is 0 Å². The van der Waals surface area contributed by atoms with Crippen LogP contribution in [0.3, 0.4) is 0 Å². The van der Waals surface area contributed by atoms with Crippen LogP contribution in [0.2, 0.25) is 0 Å². The third-order valence-corrected chi connectivity index (χ3v) is 4.42. The molecule has 0 aliphatic rings. The zero-order valence-electron chi connectivity index (χ0n) is 16.4. The van der Waals surface area contributed by atoms with Gasteiger partial charge in [-0.1, -0.05) is 18.2 Å². The molecular weight excluding hydrogens is 370 g/mol. The number of amides is 1. The lowest BCUT2D eigenvalue weighted by Gasteiger charge is -2.10. The Hall–Kier alpha value is -3.61. The van der Waals surface area contributed by atoms with Gasteiger partial charge in [0.25, 0.3) is 5.91 Å². The molecular formula is C22H23N3O4. The van der Waals surface area contributed by atoms with Crippen molar-refractivity contribution in [3.05, 3.63) is 77.6 Å². The predicted octanol–water partition coefficient (Wildman–Crippen LogP) is 2.71. The van der Waals surface area contributed by atoms with Crippen molar-refractivity contribution in [2.45, 2.75) is 13.3 Å². The quantitative estimate of drug-likeness (QED) is 0.595. The molecule has 0 radical (unpaired) electrons. The van der Waals surface area contributed by atoms with E-state index in [1.807, 2.05) is 37.3 Å². The van der Waals surface area contributed by atoms with E-state index in [1.54, 1.807) is 42.3 Å². The molecule has 2 aromatic carbocycles. The third kappa shape index (κ3) is 5.22. The van der Waals surface area contributed by atoms with Crippen LogP contribution in [0.1, 0.15) is 21.6 Å². The summed E-state index contributed by atoms with van der Waals surface area (Å²) in [6.45, 7) is 2.04. The summed E-state index contributed by atoms with van der Waals surface area (Å²) in [5, 5.41) is 6.96. The summed E-state index contributed by atoms with van der Waals surface area (Å²) in [6.07, 6.45) is 2.34. The molecule has 0 saturated heterocycles. The minimum absolute atomic E-state index is 0.329. The van der Waals surface area contributed by atoms with Crippen molar-refractivity contribution in [2.75, 3.05) is 20.3 Å². The molecule has 150 valence electrons. The number of aryl methyl sites for hydroxylation is 1. The van der Waals surface area contributed by atoms with Crippen LogP contribution in [-0.4, -0.2) is 41.9 Å². The molecule has 0 aliphatic carbocycles. The summed E-state index contributed by atoms with van der Waals surface area (Å²) in [7, 11) is 1.61. The van der Waals surface area contributed by atoms with Gasteiger partial charge in [-0.25, -0.2) is 9.48 Å². The molecule has 1 heterocycles. The minimum atomic E-state index is -0.548. The highest BCUT2D eigenvalue weighted by atomic mass is 16.5. The zero-order chi connectivity index (χ0) is 20.6. The number of nitrogens with zero attached hydrogens (tertiary/aromatic N) is 2. The van der Waals surface area contributed by atoms with Gasteiger partial charge in [0.2, 0.25) is 0 Å². The average molecular weight is 393 g/mol. The summed E-state index contributed by atoms with van der Waals surface area (Å²) in [5.74, 6) is -0.118. The molecule has 0 spiro atoms. The molecule has 1 aromatic heterocycles. The summed E-state index contributed by atoms with van der Waals surface area (Å²) in [6, 6.07) is 16.4. The minimum Gasteiger partial charge on any atom is -0.496 e. The lowest BCUT2D eigenvalue weighted by Crippen LogP contribution is -2.30. The maximum absolute atomic E-state index is 12.2. The summed E-state index contributed by atoms with van der Waals surface area (Å²) in [5.41, 5.74) is 3.21. The van der Waals surface area contributed by atoms with Gasteiger partial charge in [0.1, 0.15) is 5.75 Å². The first-order chi connectivity index (χ1) is 14.1. The van der Waals surface area contributed by atoms with Crippen molar-refractivity contribution >= 4 is 11.9 Å². The number of esters is 1. The molecule has 0 unspecified atom stereocenters. The number of hydrogen-bond donors (Lipinski definition) is 1. The fraction of sp³-hybridized carbons (Fsp3) is 0.227. The van der Waals surface area contributed by atoms with E-state index in [1.165, 1.54) is 0 Å². The molecule has 0 fully saturated rings. The number of hydrogen-bond acceptors (Lipinski definition) is 5. The Morgan fingerprint density at radius 3 is 2.52 bits per heavy atom. The van der Waals surface area contributed by atoms with E-state index in [9.17, 15) is 9.59 Å². The number of nitrogens with one attached hydrogen (secondary N) is 1. The van der Waals surface area contributed by atoms with E-state index in [0.717, 1.165) is 22.7 Å². The van der Waals surface area contributed by atoms with Gasteiger partial charge in [-0.15, -0.1) is 0 Å². The molecule has 1 amide bonds. The molecule has 0 bridgehead atoms. The molecule has 0 aliphatic heterocycles. The standard InChI is InChI=1S/C22H23N3O4/c1-16-11-14-24-25(16)19-9-7-18(8-10-19)22(27)29-15-21(26)23-13-12-17-5-3-4-6-20(17)28-2/h3-11,14H,12-13,15H2,1-2H3,(H,23,26). The van der Waals surface area contributed by atoms with Gasteiger partial charge in [-0.3, -0.25) is 4.79 Å². The zero-order valence-corrected chi connectivity index (χ0v) is 16.4. The number of carbonyl (C=O) groups excluding carboxylic acids is 2. The van der Waals surface area contributed by atoms with Crippen LogP contribution in [0.5, 0.6) is 5.75 Å². The number of aromatic nitrogens is 2. The first kappa shape index (κ1) is 20.1. The van der Waals surface area contributed by atoms with E-state index in [0.29, 0.717) is 18.5 Å². The van der Waals surface area contributed by atoms with Crippen LogP contribution in [0.25, 0.3) is 5.69 Å². The average Bonchev–Trinajstić information content (AvgIpc) is 3.18. The number of rotatable bonds is 8. The van der Waals surface area contributed by atoms with Crippen molar-refractivity contribution < 1.29 is 19.1 Å². The van der Waals surface area contributed by atoms with Crippen LogP contribution in [0.15, 0.2) is 60.8 Å². The molecule has 7 nitrogen and oxygen atoms in total. The number of benzene rings is 2. The summed E-state index contributed by atoms with van der Waals surface area (Å²) in [4.78, 5) is 24.1. The van der Waals surface area contributed by atoms with Gasteiger partial charge in [0.15, 0.2) is 6.61 Å². The van der Waals surface area contributed by atoms with E-state index in [2.05, 4.69) is 10.4 Å². The van der Waals surface area contributed by atoms with Crippen molar-refractivity contribution in [1.82, 2.24) is 15.1 Å². The first-order valence-corrected chi connectivity index (χ1v) is 9.25. The smallest absolute Gasteiger partial charge is 0.338 e. The maximum Gasteiger partial charge on any atom is 0.338 e. The highest BCUT2D eigenvalue weighted by Gasteiger charge is 2.11. The fourth-order valence-corrected chi connectivity index (χ4v) is 2.89. The van der Waals surface area contributed by atoms with Gasteiger partial charge >= 0.3 is 5.97 Å². The van der Waals surface area contributed by atoms with Crippen molar-refractivity contribution in [1.29, 1.82) is 0 Å². The van der Waals surface area contributed by atoms with Crippen molar-refractivity contribution in [3.63, 3.8) is 0 Å². The molecule has 1 N–H and O–H groups in total. The second-order valence-electron chi connectivity index (χ2n) is 6.42. The summed E-state index contributed by atoms with van der Waals surface area (Å²) >= 11 is 0. The van der Waals surface area contributed by atoms with Gasteiger partial charge in [0, 0.05) is 18.4 Å². The largest absolute Gasteiger partial charge is 0.496 e. The number of ether oxygens (including phenoxy) is 2. The Labute approximate surface area is 169 Å². The molecule has 3 rings (SSSR count). The lowest BCUT2D eigenvalue weighted by atomic mass is 10.1. The molecule has 0 atom stereocenters. The highest BCUT2D eigenvalue weighted by Crippen LogP contribution is 2.17. The van der Waals surface area contributed by atoms with Crippen LogP contribution in [-0.2, 0) is 16.0 Å². The number of para-hydroxylation sites is 1. The van der Waals surface area contributed by atoms with Gasteiger partial charge < -0.3 is 14.8 Å². The van der Waals surface area contributed by atoms with Gasteiger partial charge in [-0.2, -0.15) is 5.10 Å². The molecule has 0 saturated carbocycles. The van der Waals surface area contributed by atoms with Crippen molar-refractivity contribution in [3.8, 4) is 11.4 Å². The Balaban J connectivity index is 1.45. The highest BCUT2D eigenvalue weighted by molar-refractivity contribution is 5.91. The first-order valence-electron chi connectivity index (χ1n) is 9.25. The lowest BCUT2D eigenvalue weighted by molar-refractivity contribution is -0.124. The van der Waals surface area contributed by atoms with Gasteiger partial charge in [0.05, 0.1) is 18.4 Å². The monoisotopic (exact) mass is 393 g/mol. The molecule has 7 heteroatoms. The van der Waals surface area contributed by atoms with Crippen LogP contribution in [0.4, 0.5) is 0 Å². The second-order valence-corrected chi connectivity index (χ2v) is 6.42. The fourth-order valence-electron chi connectivity index (χ4n) is 2.89.